The van der Waals surface area contributed by atoms with Crippen molar-refractivity contribution in [2.45, 2.75) is 25.6 Å². The van der Waals surface area contributed by atoms with Crippen molar-refractivity contribution < 1.29 is 5.11 Å². The average Bonchev–Trinajstić information content (AvgIpc) is 2.79. The molecule has 0 atom stereocenters. The van der Waals surface area contributed by atoms with E-state index >= 15 is 0 Å². The van der Waals surface area contributed by atoms with E-state index < -0.39 is 12.9 Å². The van der Waals surface area contributed by atoms with Crippen molar-refractivity contribution >= 4 is 23.2 Å². The Balaban J connectivity index is 1.91. The predicted molar refractivity (Wildman–Crippen MR) is 131 cm³/mol. The molecule has 0 heterocycles. The SMILES string of the molecule is CC(C)(O)c1ccc(C[P+](c2ccccc2)(c2ccccc2)c2ccccc2)cc1. The first-order valence-electron chi connectivity index (χ1n) is 10.4. The first-order valence-corrected chi connectivity index (χ1v) is 12.3. The summed E-state index contributed by atoms with van der Waals surface area (Å²) in [5.74, 6) is 0. The van der Waals surface area contributed by atoms with Crippen LogP contribution in [-0.4, -0.2) is 5.11 Å². The second kappa shape index (κ2) is 8.56. The Morgan fingerprint density at radius 2 is 0.933 bits per heavy atom. The van der Waals surface area contributed by atoms with Gasteiger partial charge in [-0.1, -0.05) is 78.9 Å². The molecule has 0 radical (unpaired) electrons. The number of hydrogen-bond acceptors (Lipinski definition) is 1. The summed E-state index contributed by atoms with van der Waals surface area (Å²) in [6.45, 7) is 3.66. The molecule has 4 aromatic carbocycles. The van der Waals surface area contributed by atoms with E-state index in [0.717, 1.165) is 11.7 Å². The molecule has 0 fully saturated rings. The van der Waals surface area contributed by atoms with Crippen LogP contribution in [0.4, 0.5) is 0 Å². The van der Waals surface area contributed by atoms with Crippen molar-refractivity contribution in [3.05, 3.63) is 126 Å². The molecule has 0 saturated carbocycles. The molecule has 0 amide bonds. The van der Waals surface area contributed by atoms with Crippen LogP contribution in [0.25, 0.3) is 0 Å². The lowest BCUT2D eigenvalue weighted by Gasteiger charge is -2.28. The molecule has 0 aliphatic carbocycles. The first-order chi connectivity index (χ1) is 14.5. The van der Waals surface area contributed by atoms with Gasteiger partial charge in [-0.05, 0) is 61.4 Å². The molecule has 30 heavy (non-hydrogen) atoms. The van der Waals surface area contributed by atoms with Crippen LogP contribution in [-0.2, 0) is 11.8 Å². The normalized spacial score (nSPS) is 12.0. The van der Waals surface area contributed by atoms with Crippen LogP contribution in [0.3, 0.4) is 0 Å². The highest BCUT2D eigenvalue weighted by atomic mass is 31.2. The molecule has 4 aromatic rings. The van der Waals surface area contributed by atoms with Gasteiger partial charge in [-0.3, -0.25) is 0 Å². The van der Waals surface area contributed by atoms with Crippen LogP contribution >= 0.6 is 7.26 Å². The van der Waals surface area contributed by atoms with Crippen molar-refractivity contribution in [1.82, 2.24) is 0 Å². The number of aliphatic hydroxyl groups is 1. The van der Waals surface area contributed by atoms with Gasteiger partial charge >= 0.3 is 0 Å². The molecule has 0 aromatic heterocycles. The van der Waals surface area contributed by atoms with Gasteiger partial charge in [-0.15, -0.1) is 0 Å². The van der Waals surface area contributed by atoms with Gasteiger partial charge in [0.1, 0.15) is 23.2 Å². The van der Waals surface area contributed by atoms with Gasteiger partial charge in [0.15, 0.2) is 0 Å². The fraction of sp³-hybridized carbons (Fsp3) is 0.143. The second-order valence-electron chi connectivity index (χ2n) is 8.23. The third-order valence-electron chi connectivity index (χ3n) is 5.67. The molecule has 0 saturated heterocycles. The zero-order valence-electron chi connectivity index (χ0n) is 17.6. The van der Waals surface area contributed by atoms with Gasteiger partial charge in [-0.25, -0.2) is 0 Å². The third-order valence-corrected chi connectivity index (χ3v) is 10.0. The Hall–Kier alpha value is -2.73. The summed E-state index contributed by atoms with van der Waals surface area (Å²) in [5.41, 5.74) is 1.39. The maximum absolute atomic E-state index is 10.4. The van der Waals surface area contributed by atoms with Gasteiger partial charge < -0.3 is 5.11 Å². The van der Waals surface area contributed by atoms with Crippen molar-refractivity contribution in [2.75, 3.05) is 0 Å². The molecule has 150 valence electrons. The minimum absolute atomic E-state index is 0.830. The van der Waals surface area contributed by atoms with Crippen LogP contribution in [0.15, 0.2) is 115 Å². The summed E-state index contributed by atoms with van der Waals surface area (Å²) in [4.78, 5) is 0. The summed E-state index contributed by atoms with van der Waals surface area (Å²) >= 11 is 0. The van der Waals surface area contributed by atoms with Crippen molar-refractivity contribution in [3.8, 4) is 0 Å². The molecule has 4 rings (SSSR count). The molecule has 0 bridgehead atoms. The van der Waals surface area contributed by atoms with E-state index in [1.54, 1.807) is 0 Å². The van der Waals surface area contributed by atoms with Gasteiger partial charge in [0, 0.05) is 0 Å². The molecule has 0 aliphatic heterocycles. The summed E-state index contributed by atoms with van der Waals surface area (Å²) in [7, 11) is -1.89. The molecule has 0 unspecified atom stereocenters. The van der Waals surface area contributed by atoms with Gasteiger partial charge in [0.25, 0.3) is 0 Å². The minimum atomic E-state index is -1.89. The highest BCUT2D eigenvalue weighted by Gasteiger charge is 2.45. The number of benzene rings is 4. The quantitative estimate of drug-likeness (QED) is 0.421. The van der Waals surface area contributed by atoms with Crippen LogP contribution in [0.1, 0.15) is 25.0 Å². The monoisotopic (exact) mass is 411 g/mol. The van der Waals surface area contributed by atoms with Gasteiger partial charge in [-0.2, -0.15) is 0 Å². The lowest BCUT2D eigenvalue weighted by Crippen LogP contribution is -2.32. The Morgan fingerprint density at radius 1 is 0.567 bits per heavy atom. The lowest BCUT2D eigenvalue weighted by atomic mass is 9.98. The Morgan fingerprint density at radius 3 is 1.27 bits per heavy atom. The molecular weight excluding hydrogens is 383 g/mol. The minimum Gasteiger partial charge on any atom is -0.386 e. The van der Waals surface area contributed by atoms with Crippen molar-refractivity contribution in [1.29, 1.82) is 0 Å². The third kappa shape index (κ3) is 4.10. The second-order valence-corrected chi connectivity index (χ2v) is 11.7. The van der Waals surface area contributed by atoms with E-state index in [9.17, 15) is 5.11 Å². The van der Waals surface area contributed by atoms with E-state index in [4.69, 9.17) is 0 Å². The largest absolute Gasteiger partial charge is 0.386 e. The van der Waals surface area contributed by atoms with Crippen LogP contribution in [0.2, 0.25) is 0 Å². The Bertz CT molecular complexity index is 970. The fourth-order valence-electron chi connectivity index (χ4n) is 4.06. The van der Waals surface area contributed by atoms with E-state index in [1.165, 1.54) is 21.5 Å². The highest BCUT2D eigenvalue weighted by molar-refractivity contribution is 7.95. The number of rotatable bonds is 6. The Labute approximate surface area is 180 Å². The summed E-state index contributed by atoms with van der Waals surface area (Å²) in [6.07, 6.45) is 0.942. The molecule has 0 aliphatic rings. The topological polar surface area (TPSA) is 20.2 Å². The zero-order chi connectivity index (χ0) is 21.0. The maximum atomic E-state index is 10.4. The highest BCUT2D eigenvalue weighted by Crippen LogP contribution is 2.58. The molecule has 2 heteroatoms. The summed E-state index contributed by atoms with van der Waals surface area (Å²) < 4.78 is 0. The lowest BCUT2D eigenvalue weighted by molar-refractivity contribution is 0.0786. The fourth-order valence-corrected chi connectivity index (χ4v) is 8.30. The van der Waals surface area contributed by atoms with Gasteiger partial charge in [0.05, 0.1) is 11.8 Å². The summed E-state index contributed by atoms with van der Waals surface area (Å²) in [6, 6.07) is 41.3. The van der Waals surface area contributed by atoms with E-state index in [1.807, 2.05) is 13.8 Å². The molecule has 1 N–H and O–H groups in total. The van der Waals surface area contributed by atoms with Gasteiger partial charge in [0.2, 0.25) is 0 Å². The molecule has 0 spiro atoms. The molecular formula is C28H28OP+. The zero-order valence-corrected chi connectivity index (χ0v) is 18.5. The van der Waals surface area contributed by atoms with E-state index in [0.29, 0.717) is 0 Å². The smallest absolute Gasteiger partial charge is 0.116 e. The average molecular weight is 412 g/mol. The van der Waals surface area contributed by atoms with E-state index in [-0.39, 0.29) is 0 Å². The van der Waals surface area contributed by atoms with Crippen LogP contribution < -0.4 is 15.9 Å². The Kier molecular flexibility index (Phi) is 5.86. The maximum Gasteiger partial charge on any atom is 0.116 e. The molecule has 1 nitrogen and oxygen atoms in total. The number of hydrogen-bond donors (Lipinski definition) is 1. The standard InChI is InChI=1S/C28H28OP/c1-28(2,29)24-20-18-23(19-21-24)22-30(25-12-6-3-7-13-25,26-14-8-4-9-15-26)27-16-10-5-11-17-27/h3-21,29H,22H2,1-2H3/q+1. The van der Waals surface area contributed by atoms with Crippen LogP contribution in [0.5, 0.6) is 0 Å². The van der Waals surface area contributed by atoms with Crippen LogP contribution in [0, 0.1) is 0 Å². The summed E-state index contributed by atoms with van der Waals surface area (Å²) in [5, 5.41) is 14.5. The predicted octanol–water partition coefficient (Wildman–Crippen LogP) is 5.41. The van der Waals surface area contributed by atoms with E-state index in [2.05, 4.69) is 115 Å². The van der Waals surface area contributed by atoms with Crippen molar-refractivity contribution in [3.63, 3.8) is 0 Å². The first kappa shape index (κ1) is 20.5. The van der Waals surface area contributed by atoms with Crippen molar-refractivity contribution in [2.24, 2.45) is 0 Å².